The number of hydrogen-bond acceptors (Lipinski definition) is 3. The second kappa shape index (κ2) is 10.6. The van der Waals surface area contributed by atoms with E-state index < -0.39 is 0 Å². The molecule has 0 aliphatic rings. The molecule has 1 aromatic rings. The minimum absolute atomic E-state index is 0.263. The quantitative estimate of drug-likeness (QED) is 0.631. The first kappa shape index (κ1) is 17.9. The number of nitrogens with one attached hydrogen (secondary N) is 1. The van der Waals surface area contributed by atoms with Crippen LogP contribution in [0.4, 0.5) is 4.39 Å². The summed E-state index contributed by atoms with van der Waals surface area (Å²) in [4.78, 5) is 0. The Balaban J connectivity index is 2.34. The topological polar surface area (TPSA) is 30.5 Å². The number of rotatable bonds is 11. The Morgan fingerprint density at radius 3 is 2.67 bits per heavy atom. The van der Waals surface area contributed by atoms with Gasteiger partial charge in [-0.05, 0) is 36.6 Å². The number of unbranched alkanes of at least 4 members (excludes halogenated alkanes) is 1. The van der Waals surface area contributed by atoms with Gasteiger partial charge in [0.05, 0.1) is 6.61 Å². The maximum Gasteiger partial charge on any atom is 0.127 e. The van der Waals surface area contributed by atoms with Crippen molar-refractivity contribution in [2.24, 2.45) is 5.92 Å². The molecule has 0 saturated heterocycles. The minimum Gasteiger partial charge on any atom is -0.491 e. The first-order chi connectivity index (χ1) is 10.1. The molecule has 120 valence electrons. The van der Waals surface area contributed by atoms with Gasteiger partial charge in [-0.25, -0.2) is 4.39 Å². The van der Waals surface area contributed by atoms with Crippen LogP contribution in [0.3, 0.4) is 0 Å². The highest BCUT2D eigenvalue weighted by molar-refractivity contribution is 5.29. The van der Waals surface area contributed by atoms with E-state index in [0.29, 0.717) is 31.4 Å². The van der Waals surface area contributed by atoms with Crippen LogP contribution < -0.4 is 10.1 Å². The SMILES string of the molecule is CCCCOCCOc1cc(F)cc(CNCC(C)C)c1. The predicted molar refractivity (Wildman–Crippen MR) is 84.2 cm³/mol. The fraction of sp³-hybridized carbons (Fsp3) is 0.647. The fourth-order valence-corrected chi connectivity index (χ4v) is 1.88. The van der Waals surface area contributed by atoms with Gasteiger partial charge >= 0.3 is 0 Å². The average molecular weight is 297 g/mol. The van der Waals surface area contributed by atoms with E-state index in [0.717, 1.165) is 31.6 Å². The molecule has 1 rings (SSSR count). The highest BCUT2D eigenvalue weighted by Gasteiger charge is 2.03. The molecule has 0 heterocycles. The molecular formula is C17H28FNO2. The van der Waals surface area contributed by atoms with E-state index in [2.05, 4.69) is 26.1 Å². The van der Waals surface area contributed by atoms with Gasteiger partial charge in [0, 0.05) is 19.2 Å². The van der Waals surface area contributed by atoms with Crippen LogP contribution in [-0.4, -0.2) is 26.4 Å². The second-order valence-corrected chi connectivity index (χ2v) is 5.63. The minimum atomic E-state index is -0.263. The van der Waals surface area contributed by atoms with Crippen LogP contribution in [-0.2, 0) is 11.3 Å². The molecule has 0 unspecified atom stereocenters. The lowest BCUT2D eigenvalue weighted by molar-refractivity contribution is 0.0979. The molecule has 0 aliphatic carbocycles. The van der Waals surface area contributed by atoms with Gasteiger partial charge in [-0.1, -0.05) is 27.2 Å². The van der Waals surface area contributed by atoms with Crippen molar-refractivity contribution >= 4 is 0 Å². The van der Waals surface area contributed by atoms with Gasteiger partial charge < -0.3 is 14.8 Å². The summed E-state index contributed by atoms with van der Waals surface area (Å²) < 4.78 is 24.5. The van der Waals surface area contributed by atoms with E-state index >= 15 is 0 Å². The van der Waals surface area contributed by atoms with E-state index in [-0.39, 0.29) is 5.82 Å². The van der Waals surface area contributed by atoms with Crippen molar-refractivity contribution in [3.63, 3.8) is 0 Å². The Morgan fingerprint density at radius 2 is 1.95 bits per heavy atom. The van der Waals surface area contributed by atoms with E-state index in [1.54, 1.807) is 0 Å². The average Bonchev–Trinajstić information content (AvgIpc) is 2.42. The Bertz CT molecular complexity index is 396. The summed E-state index contributed by atoms with van der Waals surface area (Å²) in [6.45, 7) is 9.73. The number of halogens is 1. The van der Waals surface area contributed by atoms with Gasteiger partial charge in [0.1, 0.15) is 18.2 Å². The smallest absolute Gasteiger partial charge is 0.127 e. The molecule has 21 heavy (non-hydrogen) atoms. The first-order valence-electron chi connectivity index (χ1n) is 7.82. The molecule has 0 aliphatic heterocycles. The summed E-state index contributed by atoms with van der Waals surface area (Å²) in [5.41, 5.74) is 0.901. The van der Waals surface area contributed by atoms with Gasteiger partial charge in [0.15, 0.2) is 0 Å². The maximum absolute atomic E-state index is 13.6. The third kappa shape index (κ3) is 8.68. The van der Waals surface area contributed by atoms with Gasteiger partial charge in [0.2, 0.25) is 0 Å². The van der Waals surface area contributed by atoms with Crippen LogP contribution in [0.1, 0.15) is 39.2 Å². The molecule has 0 atom stereocenters. The molecule has 0 fully saturated rings. The van der Waals surface area contributed by atoms with Crippen LogP contribution in [0.15, 0.2) is 18.2 Å². The third-order valence-corrected chi connectivity index (χ3v) is 2.95. The molecule has 3 nitrogen and oxygen atoms in total. The van der Waals surface area contributed by atoms with Crippen LogP contribution in [0, 0.1) is 11.7 Å². The summed E-state index contributed by atoms with van der Waals surface area (Å²) >= 11 is 0. The van der Waals surface area contributed by atoms with Gasteiger partial charge in [-0.3, -0.25) is 0 Å². The van der Waals surface area contributed by atoms with E-state index in [1.165, 1.54) is 12.1 Å². The van der Waals surface area contributed by atoms with Gasteiger partial charge in [-0.15, -0.1) is 0 Å². The number of hydrogen-bond donors (Lipinski definition) is 1. The largest absolute Gasteiger partial charge is 0.491 e. The Kier molecular flexibility index (Phi) is 9.02. The maximum atomic E-state index is 13.6. The molecule has 0 aromatic heterocycles. The van der Waals surface area contributed by atoms with E-state index in [4.69, 9.17) is 9.47 Å². The number of benzene rings is 1. The highest BCUT2D eigenvalue weighted by atomic mass is 19.1. The van der Waals surface area contributed by atoms with Crippen molar-refractivity contribution < 1.29 is 13.9 Å². The van der Waals surface area contributed by atoms with Crippen LogP contribution in [0.2, 0.25) is 0 Å². The molecule has 1 N–H and O–H groups in total. The molecule has 4 heteroatoms. The number of ether oxygens (including phenoxy) is 2. The first-order valence-corrected chi connectivity index (χ1v) is 7.82. The van der Waals surface area contributed by atoms with E-state index in [9.17, 15) is 4.39 Å². The standard InChI is InChI=1S/C17H28FNO2/c1-4-5-6-20-7-8-21-17-10-15(9-16(18)11-17)13-19-12-14(2)3/h9-11,14,19H,4-8,12-13H2,1-3H3. The molecular weight excluding hydrogens is 269 g/mol. The Hall–Kier alpha value is -1.13. The van der Waals surface area contributed by atoms with Crippen molar-refractivity contribution in [1.29, 1.82) is 0 Å². The van der Waals surface area contributed by atoms with Crippen molar-refractivity contribution in [2.75, 3.05) is 26.4 Å². The molecule has 0 amide bonds. The fourth-order valence-electron chi connectivity index (χ4n) is 1.88. The van der Waals surface area contributed by atoms with Crippen molar-refractivity contribution in [3.8, 4) is 5.75 Å². The molecule has 0 bridgehead atoms. The monoisotopic (exact) mass is 297 g/mol. The summed E-state index contributed by atoms with van der Waals surface area (Å²) in [7, 11) is 0. The van der Waals surface area contributed by atoms with E-state index in [1.807, 2.05) is 6.07 Å². The van der Waals surface area contributed by atoms with Crippen LogP contribution >= 0.6 is 0 Å². The van der Waals surface area contributed by atoms with Crippen molar-refractivity contribution in [2.45, 2.75) is 40.2 Å². The lowest BCUT2D eigenvalue weighted by Gasteiger charge is -2.11. The summed E-state index contributed by atoms with van der Waals surface area (Å²) in [5, 5.41) is 3.30. The molecule has 0 spiro atoms. The normalized spacial score (nSPS) is 11.1. The second-order valence-electron chi connectivity index (χ2n) is 5.63. The Morgan fingerprint density at radius 1 is 1.14 bits per heavy atom. The molecule has 0 radical (unpaired) electrons. The lowest BCUT2D eigenvalue weighted by Crippen LogP contribution is -2.19. The zero-order valence-corrected chi connectivity index (χ0v) is 13.5. The third-order valence-electron chi connectivity index (χ3n) is 2.95. The molecule has 1 aromatic carbocycles. The van der Waals surface area contributed by atoms with Crippen LogP contribution in [0.25, 0.3) is 0 Å². The van der Waals surface area contributed by atoms with Gasteiger partial charge in [0.25, 0.3) is 0 Å². The summed E-state index contributed by atoms with van der Waals surface area (Å²) in [5.74, 6) is 0.880. The summed E-state index contributed by atoms with van der Waals surface area (Å²) in [6, 6.07) is 4.83. The van der Waals surface area contributed by atoms with Gasteiger partial charge in [-0.2, -0.15) is 0 Å². The lowest BCUT2D eigenvalue weighted by atomic mass is 10.2. The molecule has 0 saturated carbocycles. The zero-order chi connectivity index (χ0) is 15.5. The predicted octanol–water partition coefficient (Wildman–Crippen LogP) is 3.77. The zero-order valence-electron chi connectivity index (χ0n) is 13.5. The Labute approximate surface area is 127 Å². The summed E-state index contributed by atoms with van der Waals surface area (Å²) in [6.07, 6.45) is 2.18. The van der Waals surface area contributed by atoms with Crippen molar-refractivity contribution in [1.82, 2.24) is 5.32 Å². The van der Waals surface area contributed by atoms with Crippen LogP contribution in [0.5, 0.6) is 5.75 Å². The highest BCUT2D eigenvalue weighted by Crippen LogP contribution is 2.16. The van der Waals surface area contributed by atoms with Crippen molar-refractivity contribution in [3.05, 3.63) is 29.6 Å².